The molecule has 0 aromatic heterocycles. The Morgan fingerprint density at radius 2 is 2.25 bits per heavy atom. The van der Waals surface area contributed by atoms with E-state index in [0.717, 1.165) is 11.3 Å². The molecule has 1 aliphatic heterocycles. The summed E-state index contributed by atoms with van der Waals surface area (Å²) in [5, 5.41) is 8.51. The zero-order valence-corrected chi connectivity index (χ0v) is 6.32. The molecule has 12 heavy (non-hydrogen) atoms. The molecule has 1 aromatic carbocycles. The Labute approximate surface area is 69.9 Å². The van der Waals surface area contributed by atoms with Crippen LogP contribution in [0.15, 0.2) is 29.3 Å². The molecule has 0 saturated heterocycles. The van der Waals surface area contributed by atoms with Gasteiger partial charge in [0, 0.05) is 5.56 Å². The fourth-order valence-electron chi connectivity index (χ4n) is 1.09. The third-order valence-electron chi connectivity index (χ3n) is 1.67. The summed E-state index contributed by atoms with van der Waals surface area (Å²) in [4.78, 5) is 4.00. The van der Waals surface area contributed by atoms with E-state index in [1.165, 1.54) is 0 Å². The van der Waals surface area contributed by atoms with E-state index in [4.69, 9.17) is 10.00 Å². The van der Waals surface area contributed by atoms with Gasteiger partial charge >= 0.3 is 0 Å². The highest BCUT2D eigenvalue weighted by Crippen LogP contribution is 2.23. The fraction of sp³-hybridized carbons (Fsp3) is 0.111. The monoisotopic (exact) mass is 158 g/mol. The van der Waals surface area contributed by atoms with E-state index in [1.54, 1.807) is 0 Å². The summed E-state index contributed by atoms with van der Waals surface area (Å²) in [6, 6.07) is 9.50. The van der Waals surface area contributed by atoms with Crippen molar-refractivity contribution < 1.29 is 4.74 Å². The lowest BCUT2D eigenvalue weighted by molar-refractivity contribution is 0.291. The Morgan fingerprint density at radius 1 is 1.42 bits per heavy atom. The van der Waals surface area contributed by atoms with Gasteiger partial charge in [0.15, 0.2) is 6.07 Å². The number of hydrogen-bond donors (Lipinski definition) is 0. The highest BCUT2D eigenvalue weighted by molar-refractivity contribution is 5.94. The lowest BCUT2D eigenvalue weighted by atomic mass is 10.2. The minimum Gasteiger partial charge on any atom is -0.465 e. The van der Waals surface area contributed by atoms with Crippen molar-refractivity contribution in [3.8, 4) is 6.07 Å². The first-order chi connectivity index (χ1) is 5.90. The fourth-order valence-corrected chi connectivity index (χ4v) is 1.09. The molecule has 0 aliphatic carbocycles. The van der Waals surface area contributed by atoms with Gasteiger partial charge in [0.2, 0.25) is 0 Å². The number of para-hydroxylation sites is 1. The molecule has 1 aromatic rings. The molecule has 0 N–H and O–H groups in total. The largest absolute Gasteiger partial charge is 0.465 e. The summed E-state index contributed by atoms with van der Waals surface area (Å²) in [7, 11) is 0. The number of nitrogens with zero attached hydrogens (tertiary/aromatic N) is 2. The molecule has 1 heterocycles. The Morgan fingerprint density at radius 3 is 3.08 bits per heavy atom. The minimum absolute atomic E-state index is 0.147. The van der Waals surface area contributed by atoms with Crippen molar-refractivity contribution in [2.45, 2.75) is 6.61 Å². The summed E-state index contributed by atoms with van der Waals surface area (Å²) >= 11 is 0. The topological polar surface area (TPSA) is 45.4 Å². The van der Waals surface area contributed by atoms with Gasteiger partial charge in [0.05, 0.1) is 5.69 Å². The maximum Gasteiger partial charge on any atom is 0.296 e. The molecule has 0 atom stereocenters. The van der Waals surface area contributed by atoms with Crippen molar-refractivity contribution in [3.63, 3.8) is 0 Å². The smallest absolute Gasteiger partial charge is 0.296 e. The molecule has 3 nitrogen and oxygen atoms in total. The predicted molar refractivity (Wildman–Crippen MR) is 43.9 cm³/mol. The molecule has 0 bridgehead atoms. The van der Waals surface area contributed by atoms with Gasteiger partial charge in [-0.2, -0.15) is 5.26 Å². The standard InChI is InChI=1S/C9H6N2O/c10-5-9-11-8-4-2-1-3-7(8)6-12-9/h1-4H,6H2. The Hall–Kier alpha value is -1.82. The van der Waals surface area contributed by atoms with Gasteiger partial charge in [-0.1, -0.05) is 18.2 Å². The van der Waals surface area contributed by atoms with Crippen molar-refractivity contribution >= 4 is 11.6 Å². The van der Waals surface area contributed by atoms with Crippen molar-refractivity contribution in [2.24, 2.45) is 4.99 Å². The molecule has 0 fully saturated rings. The van der Waals surface area contributed by atoms with Gasteiger partial charge in [0.1, 0.15) is 6.61 Å². The van der Waals surface area contributed by atoms with E-state index in [0.29, 0.717) is 6.61 Å². The van der Waals surface area contributed by atoms with Gasteiger partial charge in [0.25, 0.3) is 5.90 Å². The Kier molecular flexibility index (Phi) is 1.52. The van der Waals surface area contributed by atoms with Crippen LogP contribution in [-0.4, -0.2) is 5.90 Å². The molecule has 0 spiro atoms. The highest BCUT2D eigenvalue weighted by atomic mass is 16.5. The van der Waals surface area contributed by atoms with Gasteiger partial charge < -0.3 is 4.74 Å². The molecular weight excluding hydrogens is 152 g/mol. The average Bonchev–Trinajstić information content (AvgIpc) is 2.17. The first-order valence-corrected chi connectivity index (χ1v) is 3.59. The van der Waals surface area contributed by atoms with Crippen LogP contribution < -0.4 is 0 Å². The van der Waals surface area contributed by atoms with Crippen LogP contribution in [0.3, 0.4) is 0 Å². The van der Waals surface area contributed by atoms with Crippen LogP contribution in [0, 0.1) is 11.3 Å². The normalized spacial score (nSPS) is 13.8. The summed E-state index contributed by atoms with van der Waals surface area (Å²) in [6.07, 6.45) is 0. The SMILES string of the molecule is N#CC1=Nc2ccccc2CO1. The molecule has 3 heteroatoms. The lowest BCUT2D eigenvalue weighted by Crippen LogP contribution is -2.06. The van der Waals surface area contributed by atoms with Gasteiger partial charge in [-0.25, -0.2) is 4.99 Å². The van der Waals surface area contributed by atoms with E-state index in [-0.39, 0.29) is 5.90 Å². The van der Waals surface area contributed by atoms with Crippen LogP contribution in [0.5, 0.6) is 0 Å². The summed E-state index contributed by atoms with van der Waals surface area (Å²) < 4.78 is 5.04. The molecule has 0 unspecified atom stereocenters. The predicted octanol–water partition coefficient (Wildman–Crippen LogP) is 1.77. The van der Waals surface area contributed by atoms with Crippen LogP contribution in [-0.2, 0) is 11.3 Å². The molecule has 0 amide bonds. The maximum atomic E-state index is 8.51. The zero-order chi connectivity index (χ0) is 8.39. The van der Waals surface area contributed by atoms with Crippen molar-refractivity contribution in [1.29, 1.82) is 5.26 Å². The molecule has 0 saturated carbocycles. The summed E-state index contributed by atoms with van der Waals surface area (Å²) in [6.45, 7) is 0.447. The number of ether oxygens (including phenoxy) is 1. The number of nitriles is 1. The number of rotatable bonds is 0. The average molecular weight is 158 g/mol. The number of benzene rings is 1. The molecule has 58 valence electrons. The minimum atomic E-state index is 0.147. The first kappa shape index (κ1) is 6.86. The molecule has 2 rings (SSSR count). The van der Waals surface area contributed by atoms with Crippen LogP contribution in [0.25, 0.3) is 0 Å². The van der Waals surface area contributed by atoms with Crippen molar-refractivity contribution in [3.05, 3.63) is 29.8 Å². The second kappa shape index (κ2) is 2.67. The third kappa shape index (κ3) is 1.04. The summed E-state index contributed by atoms with van der Waals surface area (Å²) in [5.41, 5.74) is 1.86. The van der Waals surface area contributed by atoms with Crippen LogP contribution in [0.1, 0.15) is 5.56 Å². The maximum absolute atomic E-state index is 8.51. The second-order valence-electron chi connectivity index (χ2n) is 2.45. The molecular formula is C9H6N2O. The highest BCUT2D eigenvalue weighted by Gasteiger charge is 2.10. The zero-order valence-electron chi connectivity index (χ0n) is 6.32. The van der Waals surface area contributed by atoms with Gasteiger partial charge in [-0.3, -0.25) is 0 Å². The van der Waals surface area contributed by atoms with E-state index >= 15 is 0 Å². The molecule has 1 aliphatic rings. The number of hydrogen-bond acceptors (Lipinski definition) is 3. The first-order valence-electron chi connectivity index (χ1n) is 3.59. The number of fused-ring (bicyclic) bond motifs is 1. The van der Waals surface area contributed by atoms with E-state index < -0.39 is 0 Å². The second-order valence-corrected chi connectivity index (χ2v) is 2.45. The Balaban J connectivity index is 2.49. The number of aliphatic imine (C=N–C) groups is 1. The van der Waals surface area contributed by atoms with Crippen LogP contribution >= 0.6 is 0 Å². The lowest BCUT2D eigenvalue weighted by Gasteiger charge is -2.11. The van der Waals surface area contributed by atoms with E-state index in [9.17, 15) is 0 Å². The van der Waals surface area contributed by atoms with Gasteiger partial charge in [-0.15, -0.1) is 0 Å². The van der Waals surface area contributed by atoms with E-state index in [2.05, 4.69) is 4.99 Å². The van der Waals surface area contributed by atoms with Gasteiger partial charge in [-0.05, 0) is 6.07 Å². The quantitative estimate of drug-likeness (QED) is 0.577. The van der Waals surface area contributed by atoms with Crippen molar-refractivity contribution in [1.82, 2.24) is 0 Å². The summed E-state index contributed by atoms with van der Waals surface area (Å²) in [5.74, 6) is 0.147. The van der Waals surface area contributed by atoms with Crippen LogP contribution in [0.2, 0.25) is 0 Å². The van der Waals surface area contributed by atoms with Crippen molar-refractivity contribution in [2.75, 3.05) is 0 Å². The molecule has 0 radical (unpaired) electrons. The Bertz CT molecular complexity index is 376. The van der Waals surface area contributed by atoms with E-state index in [1.807, 2.05) is 30.3 Å². The van der Waals surface area contributed by atoms with Crippen LogP contribution in [0.4, 0.5) is 5.69 Å². The third-order valence-corrected chi connectivity index (χ3v) is 1.67.